The Morgan fingerprint density at radius 1 is 1.07 bits per heavy atom. The zero-order valence-electron chi connectivity index (χ0n) is 16.3. The molecule has 7 heteroatoms. The minimum absolute atomic E-state index is 0.312. The Kier molecular flexibility index (Phi) is 4.33. The molecular weight excluding hydrogens is 374 g/mol. The summed E-state index contributed by atoms with van der Waals surface area (Å²) in [5.41, 5.74) is -0.522. The fourth-order valence-corrected chi connectivity index (χ4v) is 4.55. The molecule has 0 aliphatic carbocycles. The first-order chi connectivity index (χ1) is 13.8. The normalized spacial score (nSPS) is 30.5. The Labute approximate surface area is 167 Å². The lowest BCUT2D eigenvalue weighted by molar-refractivity contribution is -0.228. The predicted octanol–water partition coefficient (Wildman–Crippen LogP) is 1.89. The summed E-state index contributed by atoms with van der Waals surface area (Å²) in [4.78, 5) is 41.1. The summed E-state index contributed by atoms with van der Waals surface area (Å²) in [6.45, 7) is 1.28. The highest BCUT2D eigenvalue weighted by atomic mass is 16.7. The fourth-order valence-electron chi connectivity index (χ4n) is 4.55. The van der Waals surface area contributed by atoms with Crippen LogP contribution < -0.4 is 4.90 Å². The third-order valence-corrected chi connectivity index (χ3v) is 5.80. The summed E-state index contributed by atoms with van der Waals surface area (Å²) in [7, 11) is 2.74. The number of hydrogen-bond acceptors (Lipinski definition) is 6. The minimum atomic E-state index is -2.09. The summed E-state index contributed by atoms with van der Waals surface area (Å²) >= 11 is 0. The van der Waals surface area contributed by atoms with Crippen molar-refractivity contribution in [1.29, 1.82) is 0 Å². The van der Waals surface area contributed by atoms with Crippen molar-refractivity contribution in [1.82, 2.24) is 0 Å². The molecule has 1 saturated heterocycles. The first kappa shape index (κ1) is 19.3. The van der Waals surface area contributed by atoms with E-state index in [1.54, 1.807) is 61.6 Å². The maximum atomic E-state index is 13.6. The van der Waals surface area contributed by atoms with Crippen LogP contribution in [0.4, 0.5) is 5.69 Å². The molecule has 1 amide bonds. The number of amides is 1. The van der Waals surface area contributed by atoms with Crippen LogP contribution in [0.2, 0.25) is 0 Å². The molecule has 0 radical (unpaired) electrons. The van der Waals surface area contributed by atoms with Crippen molar-refractivity contribution in [3.8, 4) is 0 Å². The summed E-state index contributed by atoms with van der Waals surface area (Å²) in [6.07, 6.45) is 0. The molecule has 0 bridgehead atoms. The molecule has 0 aromatic heterocycles. The maximum absolute atomic E-state index is 13.6. The highest BCUT2D eigenvalue weighted by Crippen LogP contribution is 2.58. The number of carbonyl (C=O) groups excluding carboxylic acids is 3. The highest BCUT2D eigenvalue weighted by Gasteiger charge is 2.72. The molecule has 1 fully saturated rings. The van der Waals surface area contributed by atoms with E-state index in [4.69, 9.17) is 9.47 Å². The highest BCUT2D eigenvalue weighted by molar-refractivity contribution is 6.13. The van der Waals surface area contributed by atoms with E-state index in [9.17, 15) is 19.5 Å². The molecule has 1 spiro atoms. The third-order valence-electron chi connectivity index (χ3n) is 5.80. The molecule has 0 saturated carbocycles. The van der Waals surface area contributed by atoms with Gasteiger partial charge >= 0.3 is 5.97 Å². The maximum Gasteiger partial charge on any atom is 0.315 e. The number of anilines is 1. The van der Waals surface area contributed by atoms with Gasteiger partial charge in [-0.1, -0.05) is 48.5 Å². The van der Waals surface area contributed by atoms with E-state index in [1.165, 1.54) is 18.9 Å². The number of fused-ring (bicyclic) bond motifs is 2. The van der Waals surface area contributed by atoms with Crippen LogP contribution in [0.3, 0.4) is 0 Å². The molecule has 2 aromatic rings. The van der Waals surface area contributed by atoms with E-state index in [1.807, 2.05) is 0 Å². The quantitative estimate of drug-likeness (QED) is 0.630. The molecule has 2 aromatic carbocycles. The van der Waals surface area contributed by atoms with Gasteiger partial charge in [0.15, 0.2) is 17.2 Å². The second kappa shape index (κ2) is 6.50. The smallest absolute Gasteiger partial charge is 0.315 e. The van der Waals surface area contributed by atoms with E-state index < -0.39 is 40.9 Å². The number of aliphatic hydroxyl groups is 1. The van der Waals surface area contributed by atoms with Crippen LogP contribution in [0.25, 0.3) is 0 Å². The van der Waals surface area contributed by atoms with Crippen LogP contribution in [0.5, 0.6) is 0 Å². The number of likely N-dealkylation sites (N-methyl/N-ethyl adjacent to an activating group) is 1. The molecule has 0 unspecified atom stereocenters. The first-order valence-corrected chi connectivity index (χ1v) is 9.23. The Hall–Kier alpha value is -3.03. The minimum Gasteiger partial charge on any atom is -0.469 e. The molecule has 1 N–H and O–H groups in total. The van der Waals surface area contributed by atoms with Crippen molar-refractivity contribution in [2.45, 2.75) is 18.3 Å². The Morgan fingerprint density at radius 3 is 2.34 bits per heavy atom. The number of benzene rings is 2. The van der Waals surface area contributed by atoms with Gasteiger partial charge in [0.25, 0.3) is 5.91 Å². The number of carbonyl (C=O) groups is 3. The zero-order chi connectivity index (χ0) is 21.0. The molecule has 29 heavy (non-hydrogen) atoms. The molecule has 7 nitrogen and oxygen atoms in total. The monoisotopic (exact) mass is 395 g/mol. The van der Waals surface area contributed by atoms with Crippen LogP contribution >= 0.6 is 0 Å². The van der Waals surface area contributed by atoms with Crippen LogP contribution in [0, 0.1) is 11.8 Å². The standard InChI is InChI=1S/C22H21NO6/c1-21(27)17(19(25)28-3)16(18(24)13-9-5-4-6-10-13)22(29-21)14-11-7-8-12-15(14)23(2)20(22)26/h4-12,16-17,27H,1-3H3/t16-,17-,21+,22+/m1/s1. The Bertz CT molecular complexity index is 1000. The van der Waals surface area contributed by atoms with Crippen molar-refractivity contribution < 1.29 is 29.0 Å². The third kappa shape index (κ3) is 2.54. The van der Waals surface area contributed by atoms with E-state index in [2.05, 4.69) is 0 Å². The predicted molar refractivity (Wildman–Crippen MR) is 103 cm³/mol. The summed E-state index contributed by atoms with van der Waals surface area (Å²) in [6, 6.07) is 15.2. The number of methoxy groups -OCH3 is 1. The molecule has 2 aliphatic rings. The average Bonchev–Trinajstić information content (AvgIpc) is 3.11. The zero-order valence-corrected chi connectivity index (χ0v) is 16.3. The van der Waals surface area contributed by atoms with Gasteiger partial charge in [-0.3, -0.25) is 14.4 Å². The SMILES string of the molecule is COC(=O)[C@H]1[C@H](C(=O)c2ccccc2)[C@]2(O[C@]1(C)O)C(=O)N(C)c1ccccc12. The second-order valence-corrected chi connectivity index (χ2v) is 7.48. The van der Waals surface area contributed by atoms with Gasteiger partial charge in [-0.25, -0.2) is 0 Å². The van der Waals surface area contributed by atoms with Gasteiger partial charge < -0.3 is 19.5 Å². The summed E-state index contributed by atoms with van der Waals surface area (Å²) in [5, 5.41) is 11.0. The van der Waals surface area contributed by atoms with Crippen molar-refractivity contribution in [2.24, 2.45) is 11.8 Å². The Balaban J connectivity index is 1.99. The Morgan fingerprint density at radius 2 is 1.69 bits per heavy atom. The van der Waals surface area contributed by atoms with Gasteiger partial charge in [-0.05, 0) is 13.0 Å². The fraction of sp³-hybridized carbons (Fsp3) is 0.318. The number of para-hydroxylation sites is 1. The lowest BCUT2D eigenvalue weighted by atomic mass is 9.71. The van der Waals surface area contributed by atoms with E-state index >= 15 is 0 Å². The van der Waals surface area contributed by atoms with Gasteiger partial charge in [0.2, 0.25) is 0 Å². The summed E-state index contributed by atoms with van der Waals surface area (Å²) < 4.78 is 10.8. The molecule has 2 aliphatic heterocycles. The number of hydrogen-bond donors (Lipinski definition) is 1. The van der Waals surface area contributed by atoms with Crippen LogP contribution in [0.1, 0.15) is 22.8 Å². The first-order valence-electron chi connectivity index (χ1n) is 9.23. The number of nitrogens with zero attached hydrogens (tertiary/aromatic N) is 1. The largest absolute Gasteiger partial charge is 0.469 e. The number of Topliss-reactive ketones (excluding diaryl/α,β-unsaturated/α-hetero) is 1. The van der Waals surface area contributed by atoms with Crippen LogP contribution in [-0.2, 0) is 24.7 Å². The molecule has 4 rings (SSSR count). The topological polar surface area (TPSA) is 93.1 Å². The number of ketones is 1. The van der Waals surface area contributed by atoms with Crippen molar-refractivity contribution in [3.63, 3.8) is 0 Å². The molecule has 2 heterocycles. The number of ether oxygens (including phenoxy) is 2. The van der Waals surface area contributed by atoms with E-state index in [0.717, 1.165) is 0 Å². The second-order valence-electron chi connectivity index (χ2n) is 7.48. The van der Waals surface area contributed by atoms with Gasteiger partial charge in [0, 0.05) is 18.2 Å². The van der Waals surface area contributed by atoms with Gasteiger partial charge in [-0.2, -0.15) is 0 Å². The number of esters is 1. The van der Waals surface area contributed by atoms with Crippen molar-refractivity contribution in [2.75, 3.05) is 19.1 Å². The molecule has 150 valence electrons. The summed E-state index contributed by atoms with van der Waals surface area (Å²) in [5.74, 6) is -6.58. The van der Waals surface area contributed by atoms with Gasteiger partial charge in [-0.15, -0.1) is 0 Å². The van der Waals surface area contributed by atoms with Crippen molar-refractivity contribution >= 4 is 23.3 Å². The van der Waals surface area contributed by atoms with Crippen molar-refractivity contribution in [3.05, 3.63) is 65.7 Å². The van der Waals surface area contributed by atoms with Gasteiger partial charge in [0.1, 0.15) is 5.92 Å². The average molecular weight is 395 g/mol. The van der Waals surface area contributed by atoms with E-state index in [0.29, 0.717) is 16.8 Å². The lowest BCUT2D eigenvalue weighted by Gasteiger charge is -2.29. The molecular formula is C22H21NO6. The molecule has 4 atom stereocenters. The van der Waals surface area contributed by atoms with Gasteiger partial charge in [0.05, 0.1) is 18.7 Å². The lowest BCUT2D eigenvalue weighted by Crippen LogP contribution is -2.48. The van der Waals surface area contributed by atoms with Crippen LogP contribution in [-0.4, -0.2) is 42.7 Å². The van der Waals surface area contributed by atoms with E-state index in [-0.39, 0.29) is 0 Å². The number of rotatable bonds is 3. The van der Waals surface area contributed by atoms with Crippen LogP contribution in [0.15, 0.2) is 54.6 Å².